The Balaban J connectivity index is 3.72. The molecule has 0 radical (unpaired) electrons. The second-order valence-corrected chi connectivity index (χ2v) is 4.80. The van der Waals surface area contributed by atoms with Gasteiger partial charge in [-0.3, -0.25) is 4.90 Å². The lowest BCUT2D eigenvalue weighted by molar-refractivity contribution is 0.269. The molecule has 2 heteroatoms. The largest absolute Gasteiger partial charge is 0.291 e. The predicted octanol–water partition coefficient (Wildman–Crippen LogP) is 2.90. The van der Waals surface area contributed by atoms with Gasteiger partial charge in [0.2, 0.25) is 0 Å². The minimum Gasteiger partial charge on any atom is -0.291 e. The highest BCUT2D eigenvalue weighted by Crippen LogP contribution is 2.05. The Labute approximate surface area is 88.9 Å². The minimum absolute atomic E-state index is 0.583. The van der Waals surface area contributed by atoms with Gasteiger partial charge in [-0.15, -0.1) is 0 Å². The quantitative estimate of drug-likeness (QED) is 0.585. The molecule has 0 fully saturated rings. The zero-order valence-corrected chi connectivity index (χ0v) is 10.1. The maximum atomic E-state index is 8.68. The fraction of sp³-hybridized carbons (Fsp3) is 0.917. The summed E-state index contributed by atoms with van der Waals surface area (Å²) < 4.78 is 0. The molecule has 0 rings (SSSR count). The molecule has 0 aliphatic rings. The maximum absolute atomic E-state index is 8.68. The van der Waals surface area contributed by atoms with Gasteiger partial charge in [0.05, 0.1) is 12.6 Å². The maximum Gasteiger partial charge on any atom is 0.0865 e. The summed E-state index contributed by atoms with van der Waals surface area (Å²) in [6, 6.07) is 2.24. The molecule has 0 aromatic rings. The van der Waals surface area contributed by atoms with Crippen molar-refractivity contribution in [3.05, 3.63) is 0 Å². The van der Waals surface area contributed by atoms with Gasteiger partial charge >= 0.3 is 0 Å². The average molecular weight is 196 g/mol. The molecule has 0 heterocycles. The lowest BCUT2D eigenvalue weighted by atomic mass is 10.1. The van der Waals surface area contributed by atoms with Crippen molar-refractivity contribution in [2.45, 2.75) is 40.5 Å². The molecule has 0 unspecified atom stereocenters. The molecule has 0 spiro atoms. The van der Waals surface area contributed by atoms with Crippen LogP contribution in [0.25, 0.3) is 0 Å². The normalized spacial score (nSPS) is 11.3. The Morgan fingerprint density at radius 3 is 1.71 bits per heavy atom. The Kier molecular flexibility index (Phi) is 7.51. The van der Waals surface area contributed by atoms with Gasteiger partial charge in [0.15, 0.2) is 0 Å². The van der Waals surface area contributed by atoms with Gasteiger partial charge in [-0.1, -0.05) is 27.7 Å². The summed E-state index contributed by atoms with van der Waals surface area (Å²) in [5.74, 6) is 1.46. The van der Waals surface area contributed by atoms with E-state index in [-0.39, 0.29) is 0 Å². The van der Waals surface area contributed by atoms with E-state index in [0.29, 0.717) is 6.54 Å². The zero-order valence-electron chi connectivity index (χ0n) is 10.1. The second-order valence-electron chi connectivity index (χ2n) is 4.80. The summed E-state index contributed by atoms with van der Waals surface area (Å²) in [5.41, 5.74) is 0. The summed E-state index contributed by atoms with van der Waals surface area (Å²) >= 11 is 0. The summed E-state index contributed by atoms with van der Waals surface area (Å²) in [5, 5.41) is 8.68. The fourth-order valence-electron chi connectivity index (χ4n) is 1.25. The van der Waals surface area contributed by atoms with E-state index in [1.54, 1.807) is 0 Å². The highest BCUT2D eigenvalue weighted by atomic mass is 15.1. The van der Waals surface area contributed by atoms with Crippen LogP contribution in [-0.2, 0) is 0 Å². The van der Waals surface area contributed by atoms with E-state index in [1.807, 2.05) is 0 Å². The van der Waals surface area contributed by atoms with Crippen LogP contribution in [0.2, 0.25) is 0 Å². The van der Waals surface area contributed by atoms with Crippen LogP contribution in [0.1, 0.15) is 40.5 Å². The highest BCUT2D eigenvalue weighted by Gasteiger charge is 2.06. The molecule has 14 heavy (non-hydrogen) atoms. The molecule has 0 N–H and O–H groups in total. The van der Waals surface area contributed by atoms with E-state index < -0.39 is 0 Å². The topological polar surface area (TPSA) is 27.0 Å². The Bertz CT molecular complexity index is 156. The number of nitriles is 1. The van der Waals surface area contributed by atoms with Crippen LogP contribution in [0.15, 0.2) is 0 Å². The van der Waals surface area contributed by atoms with E-state index >= 15 is 0 Å². The minimum atomic E-state index is 0.583. The van der Waals surface area contributed by atoms with Crippen LogP contribution in [0.3, 0.4) is 0 Å². The molecule has 0 bridgehead atoms. The molecule has 0 saturated heterocycles. The molecular formula is C12H24N2. The standard InChI is InChI=1S/C12H24N2/c1-11(2)5-8-14(10-7-13)9-6-12(3)4/h11-12H,5-6,8-10H2,1-4H3. The predicted molar refractivity (Wildman–Crippen MR) is 61.0 cm³/mol. The first-order chi connectivity index (χ1) is 6.56. The smallest absolute Gasteiger partial charge is 0.0865 e. The summed E-state index contributed by atoms with van der Waals surface area (Å²) in [7, 11) is 0. The first-order valence-electron chi connectivity index (χ1n) is 5.65. The van der Waals surface area contributed by atoms with Crippen molar-refractivity contribution < 1.29 is 0 Å². The van der Waals surface area contributed by atoms with Crippen molar-refractivity contribution in [2.24, 2.45) is 11.8 Å². The fourth-order valence-corrected chi connectivity index (χ4v) is 1.25. The number of hydrogen-bond acceptors (Lipinski definition) is 2. The van der Waals surface area contributed by atoms with Gasteiger partial charge < -0.3 is 0 Å². The highest BCUT2D eigenvalue weighted by molar-refractivity contribution is 4.76. The molecule has 0 aromatic carbocycles. The molecule has 0 aliphatic carbocycles. The number of rotatable bonds is 7. The van der Waals surface area contributed by atoms with Crippen molar-refractivity contribution in [2.75, 3.05) is 19.6 Å². The van der Waals surface area contributed by atoms with E-state index in [1.165, 1.54) is 12.8 Å². The van der Waals surface area contributed by atoms with Crippen molar-refractivity contribution in [1.82, 2.24) is 4.90 Å². The Morgan fingerprint density at radius 2 is 1.43 bits per heavy atom. The van der Waals surface area contributed by atoms with Gasteiger partial charge in [0.25, 0.3) is 0 Å². The number of hydrogen-bond donors (Lipinski definition) is 0. The molecule has 0 amide bonds. The first kappa shape index (κ1) is 13.4. The molecule has 0 atom stereocenters. The lowest BCUT2D eigenvalue weighted by Gasteiger charge is -2.20. The molecular weight excluding hydrogens is 172 g/mol. The van der Waals surface area contributed by atoms with Gasteiger partial charge in [0, 0.05) is 0 Å². The summed E-state index contributed by atoms with van der Waals surface area (Å²) in [6.07, 6.45) is 2.39. The van der Waals surface area contributed by atoms with Gasteiger partial charge in [-0.2, -0.15) is 5.26 Å². The molecule has 2 nitrogen and oxygen atoms in total. The third-order valence-corrected chi connectivity index (χ3v) is 2.34. The third-order valence-electron chi connectivity index (χ3n) is 2.34. The summed E-state index contributed by atoms with van der Waals surface area (Å²) in [4.78, 5) is 2.26. The average Bonchev–Trinajstić information content (AvgIpc) is 2.09. The van der Waals surface area contributed by atoms with E-state index in [4.69, 9.17) is 5.26 Å². The van der Waals surface area contributed by atoms with E-state index in [9.17, 15) is 0 Å². The van der Waals surface area contributed by atoms with Gasteiger partial charge in [0.1, 0.15) is 0 Å². The van der Waals surface area contributed by atoms with E-state index in [0.717, 1.165) is 24.9 Å². The van der Waals surface area contributed by atoms with Gasteiger partial charge in [-0.25, -0.2) is 0 Å². The molecule has 0 saturated carbocycles. The summed E-state index contributed by atoms with van der Waals surface area (Å²) in [6.45, 7) is 11.6. The molecule has 0 aromatic heterocycles. The van der Waals surface area contributed by atoms with E-state index in [2.05, 4.69) is 38.7 Å². The monoisotopic (exact) mass is 196 g/mol. The zero-order chi connectivity index (χ0) is 11.0. The Morgan fingerprint density at radius 1 is 1.00 bits per heavy atom. The van der Waals surface area contributed by atoms with Crippen LogP contribution in [0, 0.1) is 23.2 Å². The second kappa shape index (κ2) is 7.82. The van der Waals surface area contributed by atoms with Crippen molar-refractivity contribution >= 4 is 0 Å². The van der Waals surface area contributed by atoms with Gasteiger partial charge in [-0.05, 0) is 37.8 Å². The van der Waals surface area contributed by atoms with Crippen LogP contribution >= 0.6 is 0 Å². The number of nitrogens with zero attached hydrogens (tertiary/aromatic N) is 2. The van der Waals surface area contributed by atoms with Crippen LogP contribution in [-0.4, -0.2) is 24.5 Å². The van der Waals surface area contributed by atoms with Crippen LogP contribution in [0.4, 0.5) is 0 Å². The lowest BCUT2D eigenvalue weighted by Crippen LogP contribution is -2.28. The van der Waals surface area contributed by atoms with Crippen LogP contribution < -0.4 is 0 Å². The van der Waals surface area contributed by atoms with Crippen molar-refractivity contribution in [3.63, 3.8) is 0 Å². The third kappa shape index (κ3) is 8.07. The van der Waals surface area contributed by atoms with Crippen molar-refractivity contribution in [1.29, 1.82) is 5.26 Å². The van der Waals surface area contributed by atoms with Crippen molar-refractivity contribution in [3.8, 4) is 6.07 Å². The van der Waals surface area contributed by atoms with Crippen LogP contribution in [0.5, 0.6) is 0 Å². The first-order valence-corrected chi connectivity index (χ1v) is 5.65. The molecule has 0 aliphatic heterocycles. The Hall–Kier alpha value is -0.550. The SMILES string of the molecule is CC(C)CCN(CC#N)CCC(C)C. The molecule has 82 valence electrons.